The molecule has 0 aromatic heterocycles. The van der Waals surface area contributed by atoms with Crippen molar-refractivity contribution in [1.82, 2.24) is 0 Å². The van der Waals surface area contributed by atoms with Crippen LogP contribution in [0.2, 0.25) is 0 Å². The van der Waals surface area contributed by atoms with Gasteiger partial charge in [-0.25, -0.2) is 0 Å². The Bertz CT molecular complexity index is 934. The predicted octanol–water partition coefficient (Wildman–Crippen LogP) is 8.12. The number of halogens is 1. The molecule has 0 bridgehead atoms. The highest BCUT2D eigenvalue weighted by atomic mass is 35.5. The summed E-state index contributed by atoms with van der Waals surface area (Å²) in [6, 6.07) is 0. The topological polar surface area (TPSA) is 34.1 Å². The monoisotopic (exact) mass is 472 g/mol. The molecule has 0 aromatic rings. The third kappa shape index (κ3) is 2.91. The van der Waals surface area contributed by atoms with Gasteiger partial charge in [-0.1, -0.05) is 60.1 Å². The number of carbonyl (C=O) groups excluding carboxylic acids is 2. The Morgan fingerprint density at radius 2 is 1.58 bits per heavy atom. The fourth-order valence-corrected chi connectivity index (χ4v) is 10.5. The standard InChI is InChI=1S/C30H45ClO2/c1-25(2)21-10-13-30(7)22(28(21,5)12-11-23(25)32)9-8-19-20-18-27(4,24(31)33)15-14-26(20,3)16-17-29(19,30)6/h8,20-22H,9-18H2,1-7H3/t20-,21-,22+,26+,27+,28-,29+,30+/m0/s1. The van der Waals surface area contributed by atoms with Crippen LogP contribution in [0.5, 0.6) is 0 Å². The lowest BCUT2D eigenvalue weighted by atomic mass is 9.34. The first-order valence-electron chi connectivity index (χ1n) is 13.6. The molecule has 0 aliphatic heterocycles. The van der Waals surface area contributed by atoms with E-state index in [0.717, 1.165) is 38.5 Å². The van der Waals surface area contributed by atoms with Gasteiger partial charge < -0.3 is 0 Å². The minimum absolute atomic E-state index is 0.139. The van der Waals surface area contributed by atoms with E-state index in [-0.39, 0.29) is 32.3 Å². The van der Waals surface area contributed by atoms with Gasteiger partial charge in [-0.15, -0.1) is 0 Å². The molecule has 8 atom stereocenters. The third-order valence-corrected chi connectivity index (χ3v) is 13.5. The van der Waals surface area contributed by atoms with Crippen LogP contribution in [0.3, 0.4) is 0 Å². The minimum atomic E-state index is -0.389. The van der Waals surface area contributed by atoms with Crippen LogP contribution in [0.25, 0.3) is 0 Å². The fourth-order valence-electron chi connectivity index (χ4n) is 10.3. The number of allylic oxidation sites excluding steroid dienone is 2. The molecule has 0 aromatic carbocycles. The maximum atomic E-state index is 12.9. The molecule has 4 fully saturated rings. The van der Waals surface area contributed by atoms with Gasteiger partial charge in [0, 0.05) is 17.3 Å². The Hall–Kier alpha value is -0.630. The first-order chi connectivity index (χ1) is 15.1. The van der Waals surface area contributed by atoms with Crippen LogP contribution in [0.1, 0.15) is 113 Å². The van der Waals surface area contributed by atoms with Crippen molar-refractivity contribution in [2.24, 2.45) is 50.2 Å². The van der Waals surface area contributed by atoms with Crippen molar-refractivity contribution in [3.63, 3.8) is 0 Å². The van der Waals surface area contributed by atoms with Crippen molar-refractivity contribution >= 4 is 22.6 Å². The van der Waals surface area contributed by atoms with Crippen molar-refractivity contribution in [2.45, 2.75) is 113 Å². The largest absolute Gasteiger partial charge is 0.299 e. The Morgan fingerprint density at radius 3 is 2.24 bits per heavy atom. The number of Topliss-reactive ketones (excluding diaryl/α,β-unsaturated/α-hetero) is 1. The van der Waals surface area contributed by atoms with E-state index in [1.807, 2.05) is 0 Å². The van der Waals surface area contributed by atoms with Gasteiger partial charge >= 0.3 is 0 Å². The highest BCUT2D eigenvalue weighted by Crippen LogP contribution is 2.75. The normalized spacial score (nSPS) is 53.2. The zero-order chi connectivity index (χ0) is 24.2. The van der Waals surface area contributed by atoms with E-state index in [9.17, 15) is 9.59 Å². The van der Waals surface area contributed by atoms with Crippen molar-refractivity contribution < 1.29 is 9.59 Å². The second-order valence-corrected chi connectivity index (χ2v) is 15.0. The number of rotatable bonds is 1. The molecule has 0 heterocycles. The Labute approximate surface area is 206 Å². The van der Waals surface area contributed by atoms with Gasteiger partial charge in [0.2, 0.25) is 5.24 Å². The molecule has 3 heteroatoms. The molecule has 184 valence electrons. The van der Waals surface area contributed by atoms with Crippen molar-refractivity contribution in [1.29, 1.82) is 0 Å². The first-order valence-corrected chi connectivity index (χ1v) is 14.0. The van der Waals surface area contributed by atoms with Gasteiger partial charge in [-0.05, 0) is 109 Å². The summed E-state index contributed by atoms with van der Waals surface area (Å²) in [4.78, 5) is 25.3. The van der Waals surface area contributed by atoms with Gasteiger partial charge in [-0.2, -0.15) is 0 Å². The number of carbonyl (C=O) groups is 2. The summed E-state index contributed by atoms with van der Waals surface area (Å²) in [5.41, 5.74) is 2.01. The van der Waals surface area contributed by atoms with E-state index in [4.69, 9.17) is 11.6 Å². The summed E-state index contributed by atoms with van der Waals surface area (Å²) in [6.45, 7) is 16.8. The van der Waals surface area contributed by atoms with Gasteiger partial charge in [0.15, 0.2) is 0 Å². The van der Waals surface area contributed by atoms with Crippen LogP contribution in [0, 0.1) is 50.2 Å². The summed E-state index contributed by atoms with van der Waals surface area (Å²) in [6.07, 6.45) is 13.4. The quantitative estimate of drug-likeness (QED) is 0.285. The van der Waals surface area contributed by atoms with Crippen LogP contribution >= 0.6 is 11.6 Å². The van der Waals surface area contributed by atoms with Crippen LogP contribution in [0.15, 0.2) is 11.6 Å². The SMILES string of the molecule is CC1(C)C(=O)CC[C@]2(C)[C@H]3CC=C4[C@@H]5C[C@](C)(C(=O)Cl)CC[C@]5(C)CC[C@@]4(C)[C@]3(C)CC[C@@H]12. The van der Waals surface area contributed by atoms with E-state index in [0.29, 0.717) is 29.0 Å². The molecular formula is C30H45ClO2. The number of ketones is 1. The van der Waals surface area contributed by atoms with Crippen molar-refractivity contribution in [3.8, 4) is 0 Å². The van der Waals surface area contributed by atoms with E-state index in [1.165, 1.54) is 25.7 Å². The molecule has 4 saturated carbocycles. The second kappa shape index (κ2) is 6.98. The smallest absolute Gasteiger partial charge is 0.227 e. The van der Waals surface area contributed by atoms with E-state index >= 15 is 0 Å². The molecule has 0 unspecified atom stereocenters. The van der Waals surface area contributed by atoms with Crippen LogP contribution < -0.4 is 0 Å². The highest BCUT2D eigenvalue weighted by Gasteiger charge is 2.68. The predicted molar refractivity (Wildman–Crippen MR) is 135 cm³/mol. The molecule has 0 spiro atoms. The second-order valence-electron chi connectivity index (χ2n) is 14.7. The summed E-state index contributed by atoms with van der Waals surface area (Å²) in [7, 11) is 0. The molecule has 0 radical (unpaired) electrons. The molecule has 5 rings (SSSR count). The summed E-state index contributed by atoms with van der Waals surface area (Å²) < 4.78 is 0. The zero-order valence-electron chi connectivity index (χ0n) is 22.1. The maximum absolute atomic E-state index is 12.9. The van der Waals surface area contributed by atoms with Gasteiger partial charge in [0.25, 0.3) is 0 Å². The molecule has 5 aliphatic carbocycles. The molecule has 5 aliphatic rings. The van der Waals surface area contributed by atoms with Gasteiger partial charge in [0.1, 0.15) is 5.78 Å². The van der Waals surface area contributed by atoms with E-state index < -0.39 is 0 Å². The summed E-state index contributed by atoms with van der Waals surface area (Å²) in [5.74, 6) is 2.06. The Balaban J connectivity index is 1.58. The van der Waals surface area contributed by atoms with Crippen molar-refractivity contribution in [3.05, 3.63) is 11.6 Å². The van der Waals surface area contributed by atoms with E-state index in [2.05, 4.69) is 54.5 Å². The lowest BCUT2D eigenvalue weighted by Crippen LogP contribution is -2.64. The summed E-state index contributed by atoms with van der Waals surface area (Å²) >= 11 is 6.17. The average Bonchev–Trinajstić information content (AvgIpc) is 2.73. The average molecular weight is 473 g/mol. The third-order valence-electron chi connectivity index (χ3n) is 13.1. The Kier molecular flexibility index (Phi) is 5.10. The molecule has 0 amide bonds. The number of hydrogen-bond acceptors (Lipinski definition) is 2. The number of fused-ring (bicyclic) bond motifs is 7. The maximum Gasteiger partial charge on any atom is 0.227 e. The zero-order valence-corrected chi connectivity index (χ0v) is 22.8. The molecule has 2 nitrogen and oxygen atoms in total. The van der Waals surface area contributed by atoms with Crippen LogP contribution in [-0.4, -0.2) is 11.0 Å². The summed E-state index contributed by atoms with van der Waals surface area (Å²) in [5, 5.41) is -0.139. The van der Waals surface area contributed by atoms with Gasteiger partial charge in [-0.3, -0.25) is 9.59 Å². The van der Waals surface area contributed by atoms with E-state index in [1.54, 1.807) is 5.57 Å². The van der Waals surface area contributed by atoms with Crippen LogP contribution in [-0.2, 0) is 9.59 Å². The molecular weight excluding hydrogens is 428 g/mol. The van der Waals surface area contributed by atoms with Crippen molar-refractivity contribution in [2.75, 3.05) is 0 Å². The number of hydrogen-bond donors (Lipinski definition) is 0. The fraction of sp³-hybridized carbons (Fsp3) is 0.867. The first kappa shape index (κ1) is 24.1. The lowest BCUT2D eigenvalue weighted by molar-refractivity contribution is -0.184. The molecule has 33 heavy (non-hydrogen) atoms. The molecule has 0 N–H and O–H groups in total. The molecule has 0 saturated heterocycles. The Morgan fingerprint density at radius 1 is 0.909 bits per heavy atom. The van der Waals surface area contributed by atoms with Gasteiger partial charge in [0.05, 0.1) is 0 Å². The lowest BCUT2D eigenvalue weighted by Gasteiger charge is -2.70. The van der Waals surface area contributed by atoms with Crippen LogP contribution in [0.4, 0.5) is 0 Å². The highest BCUT2D eigenvalue weighted by molar-refractivity contribution is 6.64. The minimum Gasteiger partial charge on any atom is -0.299 e.